The lowest BCUT2D eigenvalue weighted by Crippen LogP contribution is -1.93. The number of nitrogens with zero attached hydrogens (tertiary/aromatic N) is 2. The van der Waals surface area contributed by atoms with E-state index in [-0.39, 0.29) is 0 Å². The first-order chi connectivity index (χ1) is 2.89. The molecule has 0 aromatic heterocycles. The van der Waals surface area contributed by atoms with E-state index in [2.05, 4.69) is 22.9 Å². The molecule has 0 N–H and O–H groups in total. The Labute approximate surface area is 41.4 Å². The summed E-state index contributed by atoms with van der Waals surface area (Å²) >= 11 is 3.81. The van der Waals surface area contributed by atoms with Gasteiger partial charge in [0.25, 0.3) is 0 Å². The molecule has 0 aliphatic carbocycles. The van der Waals surface area contributed by atoms with Gasteiger partial charge in [0.2, 0.25) is 0 Å². The maximum absolute atomic E-state index is 3.81. The van der Waals surface area contributed by atoms with Gasteiger partial charge in [-0.15, -0.1) is 12.6 Å². The molecule has 1 aliphatic rings. The van der Waals surface area contributed by atoms with Crippen molar-refractivity contribution in [2.45, 2.75) is 0 Å². The number of rotatable bonds is 0. The second-order valence-corrected chi connectivity index (χ2v) is 1.26. The van der Waals surface area contributed by atoms with Crippen molar-refractivity contribution in [1.82, 2.24) is 5.32 Å². The number of thiol groups is 1. The number of aliphatic imine (C=N–C) groups is 1. The topological polar surface area (TPSA) is 26.5 Å². The standard InChI is InChI=1S/C3H3N2S/c6-3-4-1-2-5-3/h1-2H,(H,4,6). The van der Waals surface area contributed by atoms with Crippen molar-refractivity contribution in [3.63, 3.8) is 0 Å². The van der Waals surface area contributed by atoms with Crippen molar-refractivity contribution in [1.29, 1.82) is 0 Å². The van der Waals surface area contributed by atoms with E-state index in [1.54, 1.807) is 12.4 Å². The molecule has 1 heterocycles. The predicted molar refractivity (Wildman–Crippen MR) is 27.7 cm³/mol. The molecule has 0 fully saturated rings. The van der Waals surface area contributed by atoms with Crippen LogP contribution in [-0.4, -0.2) is 5.17 Å². The van der Waals surface area contributed by atoms with Gasteiger partial charge in [-0.3, -0.25) is 0 Å². The Hall–Kier alpha value is -0.440. The Morgan fingerprint density at radius 2 is 2.33 bits per heavy atom. The van der Waals surface area contributed by atoms with E-state index in [4.69, 9.17) is 0 Å². The summed E-state index contributed by atoms with van der Waals surface area (Å²) in [4.78, 5) is 3.67. The molecule has 6 heavy (non-hydrogen) atoms. The van der Waals surface area contributed by atoms with Crippen LogP contribution in [0, 0.1) is 0 Å². The summed E-state index contributed by atoms with van der Waals surface area (Å²) in [5.74, 6) is 0. The quantitative estimate of drug-likeness (QED) is 0.424. The van der Waals surface area contributed by atoms with E-state index in [9.17, 15) is 0 Å². The fraction of sp³-hybridized carbons (Fsp3) is 0. The summed E-state index contributed by atoms with van der Waals surface area (Å²) in [7, 11) is 0. The Balaban J connectivity index is 2.61. The van der Waals surface area contributed by atoms with Gasteiger partial charge in [-0.05, 0) is 0 Å². The third kappa shape index (κ3) is 0.542. The lowest BCUT2D eigenvalue weighted by Gasteiger charge is -1.76. The van der Waals surface area contributed by atoms with Crippen LogP contribution in [-0.2, 0) is 0 Å². The molecule has 1 rings (SSSR count). The number of hydrogen-bond acceptors (Lipinski definition) is 1. The summed E-state index contributed by atoms with van der Waals surface area (Å²) in [6.45, 7) is 0. The summed E-state index contributed by atoms with van der Waals surface area (Å²) in [5.41, 5.74) is 0. The molecule has 3 heteroatoms. The van der Waals surface area contributed by atoms with E-state index in [1.165, 1.54) is 0 Å². The van der Waals surface area contributed by atoms with Crippen LogP contribution in [0.5, 0.6) is 0 Å². The van der Waals surface area contributed by atoms with Gasteiger partial charge in [0.05, 0.1) is 0 Å². The molecular weight excluding hydrogens is 96.1 g/mol. The van der Waals surface area contributed by atoms with Crippen LogP contribution in [0.2, 0.25) is 0 Å². The molecule has 0 saturated heterocycles. The molecule has 0 unspecified atom stereocenters. The van der Waals surface area contributed by atoms with Gasteiger partial charge in [-0.2, -0.15) is 0 Å². The van der Waals surface area contributed by atoms with Crippen molar-refractivity contribution >= 4 is 17.8 Å². The van der Waals surface area contributed by atoms with E-state index >= 15 is 0 Å². The summed E-state index contributed by atoms with van der Waals surface area (Å²) in [6.07, 6.45) is 3.20. The van der Waals surface area contributed by atoms with Crippen LogP contribution in [0.25, 0.3) is 0 Å². The fourth-order valence-electron chi connectivity index (χ4n) is 0.233. The van der Waals surface area contributed by atoms with Crippen LogP contribution >= 0.6 is 12.6 Å². The first-order valence-corrected chi connectivity index (χ1v) is 1.97. The van der Waals surface area contributed by atoms with Gasteiger partial charge in [-0.25, -0.2) is 10.3 Å². The van der Waals surface area contributed by atoms with Gasteiger partial charge in [0.1, 0.15) is 0 Å². The van der Waals surface area contributed by atoms with Gasteiger partial charge >= 0.3 is 0 Å². The van der Waals surface area contributed by atoms with Gasteiger partial charge in [-0.1, -0.05) is 0 Å². The molecule has 0 aromatic rings. The lowest BCUT2D eigenvalue weighted by molar-refractivity contribution is 1.33. The molecule has 0 atom stereocenters. The van der Waals surface area contributed by atoms with E-state index in [0.717, 1.165) is 0 Å². The molecule has 0 amide bonds. The monoisotopic (exact) mass is 99.0 g/mol. The Bertz CT molecular complexity index is 105. The molecule has 0 saturated carbocycles. The second kappa shape index (κ2) is 1.34. The minimum atomic E-state index is 0.537. The van der Waals surface area contributed by atoms with Gasteiger partial charge in [0, 0.05) is 12.4 Å². The molecule has 31 valence electrons. The van der Waals surface area contributed by atoms with Crippen LogP contribution in [0.15, 0.2) is 17.4 Å². The summed E-state index contributed by atoms with van der Waals surface area (Å²) in [6, 6.07) is 0. The molecule has 1 radical (unpaired) electrons. The predicted octanol–water partition coefficient (Wildman–Crippen LogP) is 0.361. The Morgan fingerprint density at radius 3 is 2.50 bits per heavy atom. The van der Waals surface area contributed by atoms with Crippen molar-refractivity contribution in [3.05, 3.63) is 12.4 Å². The van der Waals surface area contributed by atoms with Crippen molar-refractivity contribution < 1.29 is 0 Å². The minimum absolute atomic E-state index is 0.537. The van der Waals surface area contributed by atoms with E-state index in [0.29, 0.717) is 5.17 Å². The molecule has 0 spiro atoms. The fourth-order valence-corrected chi connectivity index (χ4v) is 0.367. The van der Waals surface area contributed by atoms with Gasteiger partial charge in [0.15, 0.2) is 5.17 Å². The second-order valence-electron chi connectivity index (χ2n) is 0.856. The van der Waals surface area contributed by atoms with Crippen LogP contribution < -0.4 is 5.32 Å². The zero-order valence-corrected chi connectivity index (χ0v) is 3.89. The van der Waals surface area contributed by atoms with Gasteiger partial charge < -0.3 is 0 Å². The zero-order valence-electron chi connectivity index (χ0n) is 3.00. The third-order valence-corrected chi connectivity index (χ3v) is 0.678. The maximum atomic E-state index is 3.81. The largest absolute Gasteiger partial charge is 0.230 e. The van der Waals surface area contributed by atoms with Crippen molar-refractivity contribution in [3.8, 4) is 0 Å². The third-order valence-electron chi connectivity index (χ3n) is 0.447. The number of amidine groups is 1. The number of hydrogen-bond donors (Lipinski definition) is 1. The van der Waals surface area contributed by atoms with Crippen molar-refractivity contribution in [2.75, 3.05) is 0 Å². The van der Waals surface area contributed by atoms with Crippen molar-refractivity contribution in [2.24, 2.45) is 4.99 Å². The smallest absolute Gasteiger partial charge is 0.184 e. The molecule has 1 aliphatic heterocycles. The molecule has 0 bridgehead atoms. The lowest BCUT2D eigenvalue weighted by atomic mass is 11.0. The average molecular weight is 99.1 g/mol. The van der Waals surface area contributed by atoms with Crippen LogP contribution in [0.3, 0.4) is 0 Å². The molecular formula is C3H3N2S. The first-order valence-electron chi connectivity index (χ1n) is 1.52. The summed E-state index contributed by atoms with van der Waals surface area (Å²) in [5, 5.41) is 4.21. The Morgan fingerprint density at radius 1 is 1.50 bits per heavy atom. The Kier molecular flexibility index (Phi) is 0.837. The first kappa shape index (κ1) is 3.74. The maximum Gasteiger partial charge on any atom is 0.184 e. The average Bonchev–Trinajstić information content (AvgIpc) is 1.86. The highest BCUT2D eigenvalue weighted by Crippen LogP contribution is 1.90. The normalized spacial score (nSPS) is 17.2. The van der Waals surface area contributed by atoms with Crippen LogP contribution in [0.4, 0.5) is 0 Å². The van der Waals surface area contributed by atoms with Crippen LogP contribution in [0.1, 0.15) is 0 Å². The highest BCUT2D eigenvalue weighted by atomic mass is 32.1. The molecule has 0 aromatic carbocycles. The summed E-state index contributed by atoms with van der Waals surface area (Å²) < 4.78 is 0. The zero-order chi connectivity index (χ0) is 4.41. The SMILES string of the molecule is SC1=NC=C[N]1. The van der Waals surface area contributed by atoms with E-state index < -0.39 is 0 Å². The minimum Gasteiger partial charge on any atom is -0.230 e. The highest BCUT2D eigenvalue weighted by molar-refractivity contribution is 7.96. The molecule has 2 nitrogen and oxygen atoms in total. The van der Waals surface area contributed by atoms with E-state index in [1.807, 2.05) is 0 Å². The highest BCUT2D eigenvalue weighted by Gasteiger charge is 1.89.